The van der Waals surface area contributed by atoms with E-state index < -0.39 is 0 Å². The molecule has 0 spiro atoms. The summed E-state index contributed by atoms with van der Waals surface area (Å²) in [5.74, 6) is 0.183. The van der Waals surface area contributed by atoms with E-state index in [0.717, 1.165) is 37.1 Å². The Morgan fingerprint density at radius 3 is 2.35 bits per heavy atom. The highest BCUT2D eigenvalue weighted by Crippen LogP contribution is 2.14. The SMILES string of the molecule is C/C(=C\c1ccc(C)cc1)C(=O)N1CCCC1. The molecule has 0 unspecified atom stereocenters. The monoisotopic (exact) mass is 229 g/mol. The van der Waals surface area contributed by atoms with Gasteiger partial charge < -0.3 is 4.90 Å². The first-order valence-electron chi connectivity index (χ1n) is 6.21. The van der Waals surface area contributed by atoms with Crippen molar-refractivity contribution in [1.82, 2.24) is 4.90 Å². The van der Waals surface area contributed by atoms with E-state index in [1.807, 2.05) is 17.9 Å². The van der Waals surface area contributed by atoms with Gasteiger partial charge in [-0.15, -0.1) is 0 Å². The minimum atomic E-state index is 0.183. The first-order valence-corrected chi connectivity index (χ1v) is 6.21. The molecule has 2 nitrogen and oxygen atoms in total. The van der Waals surface area contributed by atoms with Crippen molar-refractivity contribution >= 4 is 12.0 Å². The van der Waals surface area contributed by atoms with Gasteiger partial charge >= 0.3 is 0 Å². The first kappa shape index (κ1) is 11.9. The number of hydrogen-bond acceptors (Lipinski definition) is 1. The highest BCUT2D eigenvalue weighted by atomic mass is 16.2. The Kier molecular flexibility index (Phi) is 3.62. The number of benzene rings is 1. The summed E-state index contributed by atoms with van der Waals surface area (Å²) < 4.78 is 0. The Morgan fingerprint density at radius 2 is 1.76 bits per heavy atom. The molecule has 90 valence electrons. The molecule has 17 heavy (non-hydrogen) atoms. The zero-order valence-corrected chi connectivity index (χ0v) is 10.6. The van der Waals surface area contributed by atoms with Crippen LogP contribution in [0.5, 0.6) is 0 Å². The van der Waals surface area contributed by atoms with Gasteiger partial charge in [0.2, 0.25) is 5.91 Å². The molecule has 1 aromatic carbocycles. The molecule has 1 aliphatic heterocycles. The van der Waals surface area contributed by atoms with Gasteiger partial charge in [0.15, 0.2) is 0 Å². The van der Waals surface area contributed by atoms with Crippen LogP contribution in [0.25, 0.3) is 6.08 Å². The van der Waals surface area contributed by atoms with Crippen LogP contribution in [0.3, 0.4) is 0 Å². The smallest absolute Gasteiger partial charge is 0.249 e. The summed E-state index contributed by atoms with van der Waals surface area (Å²) in [5, 5.41) is 0. The second-order valence-corrected chi connectivity index (χ2v) is 4.74. The van der Waals surface area contributed by atoms with Crippen molar-refractivity contribution in [2.24, 2.45) is 0 Å². The number of likely N-dealkylation sites (tertiary alicyclic amines) is 1. The second kappa shape index (κ2) is 5.17. The molecule has 2 rings (SSSR count). The van der Waals surface area contributed by atoms with Crippen LogP contribution in [0.4, 0.5) is 0 Å². The Balaban J connectivity index is 2.10. The lowest BCUT2D eigenvalue weighted by atomic mass is 10.1. The lowest BCUT2D eigenvalue weighted by Gasteiger charge is -2.15. The molecule has 1 aliphatic rings. The van der Waals surface area contributed by atoms with Gasteiger partial charge in [-0.05, 0) is 38.3 Å². The molecule has 0 radical (unpaired) electrons. The van der Waals surface area contributed by atoms with E-state index in [2.05, 4.69) is 31.2 Å². The Hall–Kier alpha value is -1.57. The molecule has 0 atom stereocenters. The molecule has 1 fully saturated rings. The molecule has 0 aliphatic carbocycles. The maximum absolute atomic E-state index is 12.1. The largest absolute Gasteiger partial charge is 0.339 e. The zero-order chi connectivity index (χ0) is 12.3. The zero-order valence-electron chi connectivity index (χ0n) is 10.6. The van der Waals surface area contributed by atoms with Gasteiger partial charge in [-0.3, -0.25) is 4.79 Å². The second-order valence-electron chi connectivity index (χ2n) is 4.74. The Labute approximate surface area is 103 Å². The topological polar surface area (TPSA) is 20.3 Å². The maximum Gasteiger partial charge on any atom is 0.249 e. The molecule has 2 heteroatoms. The van der Waals surface area contributed by atoms with E-state index in [-0.39, 0.29) is 5.91 Å². The Morgan fingerprint density at radius 1 is 1.18 bits per heavy atom. The quantitative estimate of drug-likeness (QED) is 0.714. The lowest BCUT2D eigenvalue weighted by molar-refractivity contribution is -0.125. The molecule has 0 saturated carbocycles. The lowest BCUT2D eigenvalue weighted by Crippen LogP contribution is -2.28. The third-order valence-electron chi connectivity index (χ3n) is 3.19. The summed E-state index contributed by atoms with van der Waals surface area (Å²) in [7, 11) is 0. The van der Waals surface area contributed by atoms with E-state index in [0.29, 0.717) is 0 Å². The van der Waals surface area contributed by atoms with Gasteiger partial charge in [0.25, 0.3) is 0 Å². The molecule has 1 aromatic rings. The number of amides is 1. The molecule has 0 aromatic heterocycles. The summed E-state index contributed by atoms with van der Waals surface area (Å²) >= 11 is 0. The van der Waals surface area contributed by atoms with Crippen LogP contribution in [0.15, 0.2) is 29.8 Å². The van der Waals surface area contributed by atoms with Crippen LogP contribution in [0.1, 0.15) is 30.9 Å². The summed E-state index contributed by atoms with van der Waals surface area (Å²) in [4.78, 5) is 14.0. The third-order valence-corrected chi connectivity index (χ3v) is 3.19. The average Bonchev–Trinajstić information content (AvgIpc) is 2.84. The fourth-order valence-corrected chi connectivity index (χ4v) is 2.14. The van der Waals surface area contributed by atoms with Crippen LogP contribution in [0, 0.1) is 6.92 Å². The summed E-state index contributed by atoms with van der Waals surface area (Å²) in [6.45, 7) is 5.80. The summed E-state index contributed by atoms with van der Waals surface area (Å²) in [6, 6.07) is 8.24. The van der Waals surface area contributed by atoms with Crippen LogP contribution in [-0.2, 0) is 4.79 Å². The van der Waals surface area contributed by atoms with Gasteiger partial charge in [-0.2, -0.15) is 0 Å². The van der Waals surface area contributed by atoms with Crippen molar-refractivity contribution in [3.05, 3.63) is 41.0 Å². The molecular weight excluding hydrogens is 210 g/mol. The van der Waals surface area contributed by atoms with Crippen LogP contribution < -0.4 is 0 Å². The number of aryl methyl sites for hydroxylation is 1. The predicted octanol–water partition coefficient (Wildman–Crippen LogP) is 3.02. The van der Waals surface area contributed by atoms with Crippen LogP contribution >= 0.6 is 0 Å². The fourth-order valence-electron chi connectivity index (χ4n) is 2.14. The highest BCUT2D eigenvalue weighted by Gasteiger charge is 2.18. The van der Waals surface area contributed by atoms with E-state index in [4.69, 9.17) is 0 Å². The average molecular weight is 229 g/mol. The van der Waals surface area contributed by atoms with E-state index in [1.165, 1.54) is 5.56 Å². The first-order chi connectivity index (χ1) is 8.16. The molecule has 1 saturated heterocycles. The van der Waals surface area contributed by atoms with Gasteiger partial charge in [0.05, 0.1) is 0 Å². The van der Waals surface area contributed by atoms with E-state index >= 15 is 0 Å². The molecule has 1 heterocycles. The minimum absolute atomic E-state index is 0.183. The standard InChI is InChI=1S/C15H19NO/c1-12-5-7-14(8-6-12)11-13(2)15(17)16-9-3-4-10-16/h5-8,11H,3-4,9-10H2,1-2H3/b13-11+. The van der Waals surface area contributed by atoms with E-state index in [1.54, 1.807) is 0 Å². The van der Waals surface area contributed by atoms with Crippen molar-refractivity contribution in [2.45, 2.75) is 26.7 Å². The predicted molar refractivity (Wildman–Crippen MR) is 70.6 cm³/mol. The number of rotatable bonds is 2. The fraction of sp³-hybridized carbons (Fsp3) is 0.400. The van der Waals surface area contributed by atoms with Crippen LogP contribution in [-0.4, -0.2) is 23.9 Å². The van der Waals surface area contributed by atoms with Crippen molar-refractivity contribution in [1.29, 1.82) is 0 Å². The molecule has 0 N–H and O–H groups in total. The number of carbonyl (C=O) groups excluding carboxylic acids is 1. The molecule has 0 bridgehead atoms. The van der Waals surface area contributed by atoms with Crippen molar-refractivity contribution in [2.75, 3.05) is 13.1 Å². The normalized spacial score (nSPS) is 16.4. The summed E-state index contributed by atoms with van der Waals surface area (Å²) in [6.07, 6.45) is 4.26. The number of nitrogens with zero attached hydrogens (tertiary/aromatic N) is 1. The van der Waals surface area contributed by atoms with Gasteiger partial charge in [0, 0.05) is 18.7 Å². The number of carbonyl (C=O) groups is 1. The van der Waals surface area contributed by atoms with Crippen molar-refractivity contribution in [3.8, 4) is 0 Å². The van der Waals surface area contributed by atoms with Crippen molar-refractivity contribution < 1.29 is 4.79 Å². The third kappa shape index (κ3) is 2.96. The summed E-state index contributed by atoms with van der Waals surface area (Å²) in [5.41, 5.74) is 3.17. The number of hydrogen-bond donors (Lipinski definition) is 0. The minimum Gasteiger partial charge on any atom is -0.339 e. The van der Waals surface area contributed by atoms with Gasteiger partial charge in [-0.25, -0.2) is 0 Å². The van der Waals surface area contributed by atoms with Crippen molar-refractivity contribution in [3.63, 3.8) is 0 Å². The highest BCUT2D eigenvalue weighted by molar-refractivity contribution is 5.97. The van der Waals surface area contributed by atoms with E-state index in [9.17, 15) is 4.79 Å². The van der Waals surface area contributed by atoms with Gasteiger partial charge in [-0.1, -0.05) is 29.8 Å². The van der Waals surface area contributed by atoms with Crippen LogP contribution in [0.2, 0.25) is 0 Å². The molecular formula is C15H19NO. The Bertz CT molecular complexity index is 425. The molecule has 1 amide bonds. The maximum atomic E-state index is 12.1. The van der Waals surface area contributed by atoms with Gasteiger partial charge in [0.1, 0.15) is 0 Å².